The highest BCUT2D eigenvalue weighted by Crippen LogP contribution is 2.45. The van der Waals surface area contributed by atoms with Crippen LogP contribution in [0.1, 0.15) is 22.8 Å². The molecule has 1 aliphatic heterocycles. The summed E-state index contributed by atoms with van der Waals surface area (Å²) in [4.78, 5) is 12.0. The Morgan fingerprint density at radius 2 is 1.84 bits per heavy atom. The first-order valence-electron chi connectivity index (χ1n) is 7.61. The van der Waals surface area contributed by atoms with Crippen LogP contribution in [0, 0.1) is 6.92 Å². The molecular weight excluding hydrogens is 374 g/mol. The number of nitrogens with zero attached hydrogens (tertiary/aromatic N) is 1. The van der Waals surface area contributed by atoms with Gasteiger partial charge in [-0.2, -0.15) is 8.42 Å². The van der Waals surface area contributed by atoms with Crippen molar-refractivity contribution in [3.8, 4) is 11.5 Å². The fourth-order valence-corrected chi connectivity index (χ4v) is 3.94. The maximum absolute atomic E-state index is 12.4. The minimum absolute atomic E-state index is 0.0443. The average molecular weight is 394 g/mol. The number of ether oxygens (including phenoxy) is 4. The molecule has 0 saturated heterocycles. The number of hydrogen-bond donors (Lipinski definition) is 0. The van der Waals surface area contributed by atoms with Crippen molar-refractivity contribution < 1.29 is 32.2 Å². The summed E-state index contributed by atoms with van der Waals surface area (Å²) in [6, 6.07) is 1.51. The molecule has 0 radical (unpaired) electrons. The van der Waals surface area contributed by atoms with Crippen molar-refractivity contribution in [2.45, 2.75) is 18.7 Å². The molecule has 0 unspecified atom stereocenters. The Kier molecular flexibility index (Phi) is 6.50. The van der Waals surface area contributed by atoms with Gasteiger partial charge < -0.3 is 18.9 Å². The zero-order valence-corrected chi connectivity index (χ0v) is 15.8. The van der Waals surface area contributed by atoms with Gasteiger partial charge in [0.2, 0.25) is 0 Å². The summed E-state index contributed by atoms with van der Waals surface area (Å²) in [6.45, 7) is 4.90. The first kappa shape index (κ1) is 19.8. The van der Waals surface area contributed by atoms with Crippen LogP contribution in [0.3, 0.4) is 0 Å². The quantitative estimate of drug-likeness (QED) is 0.466. The molecule has 0 aromatic heterocycles. The fraction of sp³-hybridized carbons (Fsp3) is 0.533. The highest BCUT2D eigenvalue weighted by Gasteiger charge is 2.46. The third-order valence-corrected chi connectivity index (χ3v) is 5.64. The highest BCUT2D eigenvalue weighted by molar-refractivity contribution is 7.91. The number of benzene rings is 1. The van der Waals surface area contributed by atoms with Crippen molar-refractivity contribution in [2.75, 3.05) is 40.1 Å². The molecule has 0 spiro atoms. The van der Waals surface area contributed by atoms with Gasteiger partial charge in [0.25, 0.3) is 15.9 Å². The molecule has 1 aliphatic rings. The van der Waals surface area contributed by atoms with E-state index in [-0.39, 0.29) is 45.6 Å². The molecule has 0 saturated carbocycles. The minimum Gasteiger partial charge on any atom is -0.493 e. The lowest BCUT2D eigenvalue weighted by molar-refractivity contribution is 0.0539. The van der Waals surface area contributed by atoms with Crippen LogP contribution < -0.4 is 9.47 Å². The third kappa shape index (κ3) is 3.84. The van der Waals surface area contributed by atoms with Gasteiger partial charge >= 0.3 is 0 Å². The smallest absolute Gasteiger partial charge is 0.288 e. The van der Waals surface area contributed by atoms with E-state index in [1.54, 1.807) is 21.0 Å². The van der Waals surface area contributed by atoms with Crippen molar-refractivity contribution in [2.24, 2.45) is 0 Å². The normalized spacial score (nSPS) is 15.4. The Bertz CT molecular complexity index is 751. The average Bonchev–Trinajstić information content (AvgIpc) is 2.75. The van der Waals surface area contributed by atoms with Gasteiger partial charge in [0, 0.05) is 18.9 Å². The molecule has 1 heterocycles. The largest absolute Gasteiger partial charge is 0.493 e. The number of aryl methyl sites for hydroxylation is 1. The van der Waals surface area contributed by atoms with E-state index in [1.165, 1.54) is 6.07 Å². The van der Waals surface area contributed by atoms with E-state index in [1.807, 2.05) is 0 Å². The van der Waals surface area contributed by atoms with Gasteiger partial charge in [0.05, 0.1) is 26.4 Å². The number of methoxy groups -OCH3 is 1. The van der Waals surface area contributed by atoms with Gasteiger partial charge in [-0.15, -0.1) is 3.82 Å². The Morgan fingerprint density at radius 3 is 2.48 bits per heavy atom. The second-order valence-corrected chi connectivity index (χ2v) is 7.40. The van der Waals surface area contributed by atoms with Gasteiger partial charge in [0.15, 0.2) is 0 Å². The third-order valence-electron chi connectivity index (χ3n) is 3.43. The monoisotopic (exact) mass is 393 g/mol. The summed E-state index contributed by atoms with van der Waals surface area (Å²) in [7, 11) is -2.63. The van der Waals surface area contributed by atoms with E-state index in [9.17, 15) is 13.2 Å². The SMILES string of the molecule is CCOc1c(C)cc(OCCOCCOC)c2c1C(=O)N(Cl)S2(=O)=O. The zero-order chi connectivity index (χ0) is 18.6. The van der Waals surface area contributed by atoms with Crippen LogP contribution in [0.2, 0.25) is 0 Å². The Hall–Kier alpha value is -1.55. The van der Waals surface area contributed by atoms with Crippen LogP contribution in [0.15, 0.2) is 11.0 Å². The van der Waals surface area contributed by atoms with E-state index in [4.69, 9.17) is 30.7 Å². The van der Waals surface area contributed by atoms with Crippen LogP contribution in [0.5, 0.6) is 11.5 Å². The van der Waals surface area contributed by atoms with E-state index in [0.717, 1.165) is 0 Å². The molecule has 0 atom stereocenters. The lowest BCUT2D eigenvalue weighted by atomic mass is 10.1. The van der Waals surface area contributed by atoms with E-state index in [2.05, 4.69) is 0 Å². The number of carbonyl (C=O) groups excluding carboxylic acids is 1. The number of amides is 1. The van der Waals surface area contributed by atoms with Gasteiger partial charge in [-0.25, -0.2) is 0 Å². The number of halogens is 1. The molecule has 0 fully saturated rings. The van der Waals surface area contributed by atoms with Crippen molar-refractivity contribution in [1.82, 2.24) is 3.82 Å². The number of fused-ring (bicyclic) bond motifs is 1. The summed E-state index contributed by atoms with van der Waals surface area (Å²) in [5.74, 6) is -0.620. The van der Waals surface area contributed by atoms with Crippen molar-refractivity contribution in [1.29, 1.82) is 0 Å². The van der Waals surface area contributed by atoms with E-state index >= 15 is 0 Å². The maximum Gasteiger partial charge on any atom is 0.288 e. The molecule has 8 nitrogen and oxygen atoms in total. The van der Waals surface area contributed by atoms with Gasteiger partial charge in [-0.05, 0) is 25.5 Å². The predicted molar refractivity (Wildman–Crippen MR) is 89.7 cm³/mol. The molecule has 0 N–H and O–H groups in total. The van der Waals surface area contributed by atoms with Crippen LogP contribution >= 0.6 is 11.8 Å². The molecule has 140 valence electrons. The van der Waals surface area contributed by atoms with Crippen LogP contribution in [0.25, 0.3) is 0 Å². The Balaban J connectivity index is 2.33. The Labute approximate surface area is 151 Å². The number of sulfonamides is 1. The predicted octanol–water partition coefficient (Wildman–Crippen LogP) is 1.73. The summed E-state index contributed by atoms with van der Waals surface area (Å²) in [6.07, 6.45) is 0. The topological polar surface area (TPSA) is 91.4 Å². The van der Waals surface area contributed by atoms with Gasteiger partial charge in [-0.1, -0.05) is 0 Å². The highest BCUT2D eigenvalue weighted by atomic mass is 35.5. The van der Waals surface area contributed by atoms with Crippen molar-refractivity contribution in [3.05, 3.63) is 17.2 Å². The van der Waals surface area contributed by atoms with E-state index in [0.29, 0.717) is 18.8 Å². The standard InChI is InChI=1S/C15H20ClNO7S/c1-4-23-13-10(2)9-11(24-8-7-22-6-5-21-3)14-12(13)15(18)17(16)25(14,19)20/h9H,4-8H2,1-3H3. The summed E-state index contributed by atoms with van der Waals surface area (Å²) in [5, 5.41) is 0. The summed E-state index contributed by atoms with van der Waals surface area (Å²) < 4.78 is 46.2. The lowest BCUT2D eigenvalue weighted by Crippen LogP contribution is -2.19. The van der Waals surface area contributed by atoms with Crippen LogP contribution in [0.4, 0.5) is 0 Å². The summed E-state index contributed by atoms with van der Waals surface area (Å²) in [5.41, 5.74) is 0.471. The number of carbonyl (C=O) groups is 1. The molecule has 2 rings (SSSR count). The molecule has 10 heteroatoms. The molecule has 1 aromatic carbocycles. The van der Waals surface area contributed by atoms with E-state index < -0.39 is 15.9 Å². The lowest BCUT2D eigenvalue weighted by Gasteiger charge is -2.14. The van der Waals surface area contributed by atoms with Crippen LogP contribution in [-0.4, -0.2) is 58.3 Å². The molecule has 1 aromatic rings. The second kappa shape index (κ2) is 8.22. The molecule has 1 amide bonds. The number of hydrogen-bond acceptors (Lipinski definition) is 7. The fourth-order valence-electron chi connectivity index (χ4n) is 2.37. The molecule has 0 aliphatic carbocycles. The van der Waals surface area contributed by atoms with Gasteiger partial charge in [0.1, 0.15) is 28.6 Å². The maximum atomic E-state index is 12.4. The Morgan fingerprint density at radius 1 is 1.16 bits per heavy atom. The first-order valence-corrected chi connectivity index (χ1v) is 9.39. The summed E-state index contributed by atoms with van der Waals surface area (Å²) >= 11 is 5.68. The molecule has 0 bridgehead atoms. The molecular formula is C15H20ClNO7S. The second-order valence-electron chi connectivity index (χ2n) is 5.14. The van der Waals surface area contributed by atoms with Gasteiger partial charge in [-0.3, -0.25) is 4.79 Å². The van der Waals surface area contributed by atoms with Crippen molar-refractivity contribution in [3.63, 3.8) is 0 Å². The zero-order valence-electron chi connectivity index (χ0n) is 14.2. The van der Waals surface area contributed by atoms with Crippen LogP contribution in [-0.2, 0) is 19.5 Å². The first-order chi connectivity index (χ1) is 11.9. The molecule has 25 heavy (non-hydrogen) atoms. The van der Waals surface area contributed by atoms with Crippen molar-refractivity contribution >= 4 is 27.7 Å². The number of rotatable bonds is 9. The minimum atomic E-state index is -4.19.